The molecule has 3 aromatic rings. The van der Waals surface area contributed by atoms with Crippen LogP contribution in [0.4, 0.5) is 11.4 Å². The van der Waals surface area contributed by atoms with E-state index in [0.717, 1.165) is 30.3 Å². The normalized spacial score (nSPS) is 13.2. The fourth-order valence-corrected chi connectivity index (χ4v) is 4.12. The lowest BCUT2D eigenvalue weighted by atomic mass is 10.1. The Kier molecular flexibility index (Phi) is 5.48. The van der Waals surface area contributed by atoms with Gasteiger partial charge in [-0.3, -0.25) is 13.7 Å². The first-order chi connectivity index (χ1) is 13.7. The first kappa shape index (κ1) is 21.9. The van der Waals surface area contributed by atoms with E-state index in [2.05, 4.69) is 10.2 Å². The Morgan fingerprint density at radius 3 is 1.67 bits per heavy atom. The lowest BCUT2D eigenvalue weighted by Gasteiger charge is -2.06. The van der Waals surface area contributed by atoms with E-state index in [1.165, 1.54) is 24.3 Å². The number of hydrogen-bond acceptors (Lipinski definition) is 8. The van der Waals surface area contributed by atoms with Gasteiger partial charge in [0.1, 0.15) is 10.6 Å². The first-order valence-corrected chi connectivity index (χ1v) is 12.1. The molecule has 0 aromatic heterocycles. The molecule has 0 aliphatic carbocycles. The average Bonchev–Trinajstić information content (AvgIpc) is 2.63. The van der Waals surface area contributed by atoms with Crippen molar-refractivity contribution in [3.8, 4) is 0 Å². The van der Waals surface area contributed by atoms with Crippen LogP contribution in [-0.2, 0) is 30.4 Å². The molecule has 0 aliphatic heterocycles. The minimum atomic E-state index is -4.78. The quantitative estimate of drug-likeness (QED) is 0.370. The highest BCUT2D eigenvalue weighted by Crippen LogP contribution is 2.32. The van der Waals surface area contributed by atoms with Crippen LogP contribution in [0.1, 0.15) is 0 Å². The summed E-state index contributed by atoms with van der Waals surface area (Å²) < 4.78 is 95.7. The van der Waals surface area contributed by atoms with Crippen LogP contribution >= 0.6 is 0 Å². The first-order valence-electron chi connectivity index (χ1n) is 7.77. The van der Waals surface area contributed by atoms with Crippen molar-refractivity contribution in [2.75, 3.05) is 0 Å². The smallest absolute Gasteiger partial charge is 0.282 e. The van der Waals surface area contributed by atoms with Crippen molar-refractivity contribution in [2.45, 2.75) is 14.7 Å². The van der Waals surface area contributed by atoms with Gasteiger partial charge >= 0.3 is 0 Å². The summed E-state index contributed by atoms with van der Waals surface area (Å²) in [4.78, 5) is -1.51. The molecule has 30 heavy (non-hydrogen) atoms. The summed E-state index contributed by atoms with van der Waals surface area (Å²) in [6.07, 6.45) is 0. The largest absolute Gasteiger partial charge is 0.296 e. The number of benzene rings is 3. The van der Waals surface area contributed by atoms with Gasteiger partial charge in [-0.25, -0.2) is 0 Å². The van der Waals surface area contributed by atoms with Gasteiger partial charge in [-0.2, -0.15) is 30.4 Å². The Labute approximate surface area is 171 Å². The zero-order valence-electron chi connectivity index (χ0n) is 14.6. The van der Waals surface area contributed by atoms with Gasteiger partial charge in [0.15, 0.2) is 0 Å². The molecule has 0 saturated heterocycles. The molecule has 0 heterocycles. The Morgan fingerprint density at radius 1 is 0.567 bits per heavy atom. The summed E-state index contributed by atoms with van der Waals surface area (Å²) in [5, 5.41) is 7.97. The molecule has 0 unspecified atom stereocenters. The summed E-state index contributed by atoms with van der Waals surface area (Å²) in [6, 6.07) is 10.1. The number of nitrogens with zero attached hydrogens (tertiary/aromatic N) is 2. The lowest BCUT2D eigenvalue weighted by molar-refractivity contribution is 0.481. The molecule has 0 amide bonds. The van der Waals surface area contributed by atoms with E-state index < -0.39 is 40.1 Å². The van der Waals surface area contributed by atoms with E-state index in [0.29, 0.717) is 5.39 Å². The van der Waals surface area contributed by atoms with E-state index in [1.807, 2.05) is 0 Å². The minimum Gasteiger partial charge on any atom is -0.282 e. The van der Waals surface area contributed by atoms with E-state index in [4.69, 9.17) is 9.11 Å². The maximum atomic E-state index is 11.7. The van der Waals surface area contributed by atoms with Crippen LogP contribution < -0.4 is 0 Å². The van der Waals surface area contributed by atoms with Crippen molar-refractivity contribution in [3.05, 3.63) is 54.6 Å². The van der Waals surface area contributed by atoms with Gasteiger partial charge in [0, 0.05) is 0 Å². The average molecular weight is 472 g/mol. The molecule has 0 aliphatic rings. The topological polar surface area (TPSA) is 188 Å². The SMILES string of the molecule is O=S(=O)(O)c1ccc(N=Nc2cc3ccc(S(=O)(=O)O)cc3cc2S(=O)(=O)O)cc1. The molecule has 0 saturated carbocycles. The molecule has 0 radical (unpaired) electrons. The highest BCUT2D eigenvalue weighted by molar-refractivity contribution is 7.86. The molecule has 3 N–H and O–H groups in total. The van der Waals surface area contributed by atoms with Crippen LogP contribution in [0.2, 0.25) is 0 Å². The van der Waals surface area contributed by atoms with Crippen molar-refractivity contribution in [2.24, 2.45) is 10.2 Å². The summed E-state index contributed by atoms with van der Waals surface area (Å²) in [5.74, 6) is 0. The standard InChI is InChI=1S/C16H12N2O9S3/c19-28(20,21)13-5-2-12(3-6-13)17-18-15-8-10-1-4-14(29(22,23)24)7-11(10)9-16(15)30(25,26)27/h1-9H,(H,19,20,21)(H,22,23,24)(H,25,26,27). The monoisotopic (exact) mass is 472 g/mol. The van der Waals surface area contributed by atoms with E-state index >= 15 is 0 Å². The Balaban J connectivity index is 2.11. The fourth-order valence-electron chi connectivity index (χ4n) is 2.48. The summed E-state index contributed by atoms with van der Waals surface area (Å²) in [6.45, 7) is 0. The summed E-state index contributed by atoms with van der Waals surface area (Å²) in [5.41, 5.74) is -0.158. The van der Waals surface area contributed by atoms with E-state index in [1.54, 1.807) is 0 Å². The molecule has 0 bridgehead atoms. The molecule has 3 aromatic carbocycles. The van der Waals surface area contributed by atoms with E-state index in [-0.39, 0.29) is 21.7 Å². The predicted molar refractivity (Wildman–Crippen MR) is 104 cm³/mol. The zero-order valence-corrected chi connectivity index (χ0v) is 17.1. The van der Waals surface area contributed by atoms with Crippen molar-refractivity contribution >= 4 is 52.5 Å². The van der Waals surface area contributed by atoms with Gasteiger partial charge in [0.05, 0.1) is 15.5 Å². The number of fused-ring (bicyclic) bond motifs is 1. The Morgan fingerprint density at radius 2 is 1.13 bits per heavy atom. The second kappa shape index (κ2) is 7.50. The molecule has 14 heteroatoms. The lowest BCUT2D eigenvalue weighted by Crippen LogP contribution is -2.00. The molecular weight excluding hydrogens is 460 g/mol. The Bertz CT molecular complexity index is 1490. The van der Waals surface area contributed by atoms with Gasteiger partial charge in [-0.05, 0) is 59.3 Å². The molecular formula is C16H12N2O9S3. The third-order valence-corrected chi connectivity index (χ3v) is 6.47. The van der Waals surface area contributed by atoms with Crippen LogP contribution in [0.15, 0.2) is 79.5 Å². The van der Waals surface area contributed by atoms with Gasteiger partial charge in [0.2, 0.25) is 0 Å². The van der Waals surface area contributed by atoms with Crippen molar-refractivity contribution in [1.29, 1.82) is 0 Å². The number of hydrogen-bond donors (Lipinski definition) is 3. The van der Waals surface area contributed by atoms with Crippen LogP contribution in [0, 0.1) is 0 Å². The summed E-state index contributed by atoms with van der Waals surface area (Å²) >= 11 is 0. The maximum absolute atomic E-state index is 11.7. The van der Waals surface area contributed by atoms with Crippen molar-refractivity contribution in [3.63, 3.8) is 0 Å². The number of azo groups is 1. The van der Waals surface area contributed by atoms with Crippen molar-refractivity contribution < 1.29 is 38.9 Å². The van der Waals surface area contributed by atoms with Gasteiger partial charge in [-0.1, -0.05) is 6.07 Å². The Hall–Kier alpha value is -2.75. The second-order valence-corrected chi connectivity index (χ2v) is 10.2. The van der Waals surface area contributed by atoms with Crippen LogP contribution in [0.25, 0.3) is 10.8 Å². The molecule has 0 atom stereocenters. The molecule has 3 rings (SSSR count). The van der Waals surface area contributed by atoms with Crippen LogP contribution in [0.5, 0.6) is 0 Å². The molecule has 0 fully saturated rings. The maximum Gasteiger partial charge on any atom is 0.296 e. The summed E-state index contributed by atoms with van der Waals surface area (Å²) in [7, 11) is -13.7. The third-order valence-electron chi connectivity index (χ3n) is 3.87. The predicted octanol–water partition coefficient (Wildman–Crippen LogP) is 3.00. The minimum absolute atomic E-state index is 0.0919. The van der Waals surface area contributed by atoms with Gasteiger partial charge in [-0.15, -0.1) is 5.11 Å². The van der Waals surface area contributed by atoms with Crippen LogP contribution in [0.3, 0.4) is 0 Å². The van der Waals surface area contributed by atoms with E-state index in [9.17, 15) is 29.8 Å². The third kappa shape index (κ3) is 4.86. The van der Waals surface area contributed by atoms with Gasteiger partial charge in [0.25, 0.3) is 30.4 Å². The number of rotatable bonds is 5. The van der Waals surface area contributed by atoms with Crippen molar-refractivity contribution in [1.82, 2.24) is 0 Å². The highest BCUT2D eigenvalue weighted by Gasteiger charge is 2.18. The van der Waals surface area contributed by atoms with Crippen LogP contribution in [-0.4, -0.2) is 38.9 Å². The van der Waals surface area contributed by atoms with Gasteiger partial charge < -0.3 is 0 Å². The molecule has 0 spiro atoms. The fraction of sp³-hybridized carbons (Fsp3) is 0. The second-order valence-electron chi connectivity index (χ2n) is 5.95. The molecule has 11 nitrogen and oxygen atoms in total. The molecule has 158 valence electrons. The zero-order chi connectivity index (χ0) is 22.3. The highest BCUT2D eigenvalue weighted by atomic mass is 32.2.